The third-order valence-electron chi connectivity index (χ3n) is 4.11. The zero-order chi connectivity index (χ0) is 15.0. The monoisotopic (exact) mass is 308 g/mol. The number of rotatable bonds is 4. The number of amides is 1. The normalized spacial score (nSPS) is 22.3. The number of benzene rings is 1. The van der Waals surface area contributed by atoms with E-state index in [1.54, 1.807) is 12.1 Å². The van der Waals surface area contributed by atoms with Gasteiger partial charge in [-0.1, -0.05) is 0 Å². The van der Waals surface area contributed by atoms with Gasteiger partial charge in [-0.2, -0.15) is 0 Å². The number of hydrogen-bond donors (Lipinski definition) is 1. The van der Waals surface area contributed by atoms with Crippen LogP contribution in [0, 0.1) is 5.92 Å². The minimum Gasteiger partial charge on any atom is -0.371 e. The van der Waals surface area contributed by atoms with E-state index in [1.165, 1.54) is 6.26 Å². The molecule has 1 N–H and O–H groups in total. The Labute approximate surface area is 125 Å². The molecule has 1 aliphatic carbocycles. The fourth-order valence-electron chi connectivity index (χ4n) is 2.66. The molecule has 1 saturated heterocycles. The molecule has 1 aliphatic heterocycles. The Kier molecular flexibility index (Phi) is 3.65. The van der Waals surface area contributed by atoms with E-state index in [4.69, 9.17) is 0 Å². The Balaban J connectivity index is 1.64. The molecule has 2 aliphatic rings. The van der Waals surface area contributed by atoms with E-state index >= 15 is 0 Å². The summed E-state index contributed by atoms with van der Waals surface area (Å²) in [4.78, 5) is 14.5. The fourth-order valence-corrected chi connectivity index (χ4v) is 3.29. The summed E-state index contributed by atoms with van der Waals surface area (Å²) in [7, 11) is -3.16. The molecule has 21 heavy (non-hydrogen) atoms. The van der Waals surface area contributed by atoms with Crippen LogP contribution in [0.2, 0.25) is 0 Å². The average molecular weight is 308 g/mol. The first-order valence-electron chi connectivity index (χ1n) is 7.29. The molecule has 1 atom stereocenters. The van der Waals surface area contributed by atoms with Crippen molar-refractivity contribution in [3.63, 3.8) is 0 Å². The average Bonchev–Trinajstić information content (AvgIpc) is 3.11. The summed E-state index contributed by atoms with van der Waals surface area (Å²) < 4.78 is 22.9. The molecule has 1 aromatic rings. The van der Waals surface area contributed by atoms with Gasteiger partial charge in [-0.05, 0) is 43.5 Å². The minimum atomic E-state index is -3.16. The highest BCUT2D eigenvalue weighted by Gasteiger charge is 2.32. The lowest BCUT2D eigenvalue weighted by atomic mass is 10.1. The van der Waals surface area contributed by atoms with Gasteiger partial charge in [0.2, 0.25) is 5.91 Å². The molecule has 0 aromatic heterocycles. The first kappa shape index (κ1) is 14.4. The van der Waals surface area contributed by atoms with Crippen LogP contribution in [0.4, 0.5) is 5.69 Å². The van der Waals surface area contributed by atoms with Crippen molar-refractivity contribution in [2.45, 2.75) is 30.2 Å². The maximum absolute atomic E-state index is 12.0. The Bertz CT molecular complexity index is 635. The highest BCUT2D eigenvalue weighted by molar-refractivity contribution is 7.90. The largest absolute Gasteiger partial charge is 0.371 e. The predicted molar refractivity (Wildman–Crippen MR) is 81.0 cm³/mol. The zero-order valence-corrected chi connectivity index (χ0v) is 12.9. The summed E-state index contributed by atoms with van der Waals surface area (Å²) >= 11 is 0. The van der Waals surface area contributed by atoms with Crippen molar-refractivity contribution in [2.75, 3.05) is 24.2 Å². The quantitative estimate of drug-likeness (QED) is 0.907. The molecule has 1 aromatic carbocycles. The highest BCUT2D eigenvalue weighted by atomic mass is 32.2. The standard InChI is InChI=1S/C15H20N2O3S/c1-21(19,20)14-6-4-13(5-7-14)17-9-8-11(10-17)15(18)16-12-2-3-12/h4-7,11-12H,2-3,8-10H2,1H3,(H,16,18). The van der Waals surface area contributed by atoms with E-state index in [0.717, 1.165) is 31.5 Å². The molecule has 3 rings (SSSR count). The Morgan fingerprint density at radius 2 is 1.86 bits per heavy atom. The van der Waals surface area contributed by atoms with Crippen LogP contribution in [0.1, 0.15) is 19.3 Å². The van der Waals surface area contributed by atoms with Gasteiger partial charge in [0.15, 0.2) is 9.84 Å². The Hall–Kier alpha value is -1.56. The molecule has 0 spiro atoms. The van der Waals surface area contributed by atoms with Gasteiger partial charge < -0.3 is 10.2 Å². The van der Waals surface area contributed by atoms with Gasteiger partial charge in [-0.25, -0.2) is 8.42 Å². The molecule has 0 radical (unpaired) electrons. The van der Waals surface area contributed by atoms with Crippen LogP contribution >= 0.6 is 0 Å². The summed E-state index contributed by atoms with van der Waals surface area (Å²) in [5.74, 6) is 0.202. The second kappa shape index (κ2) is 5.33. The van der Waals surface area contributed by atoms with Crippen molar-refractivity contribution in [3.05, 3.63) is 24.3 Å². The topological polar surface area (TPSA) is 66.5 Å². The van der Waals surface area contributed by atoms with Crippen LogP contribution in [-0.4, -0.2) is 39.7 Å². The number of nitrogens with one attached hydrogen (secondary N) is 1. The number of carbonyl (C=O) groups is 1. The van der Waals surface area contributed by atoms with E-state index in [9.17, 15) is 13.2 Å². The number of sulfone groups is 1. The van der Waals surface area contributed by atoms with Crippen molar-refractivity contribution in [2.24, 2.45) is 5.92 Å². The predicted octanol–water partition coefficient (Wildman–Crippen LogP) is 1.19. The van der Waals surface area contributed by atoms with E-state index in [2.05, 4.69) is 10.2 Å². The number of carbonyl (C=O) groups excluding carboxylic acids is 1. The fraction of sp³-hybridized carbons (Fsp3) is 0.533. The number of anilines is 1. The van der Waals surface area contributed by atoms with Crippen LogP contribution in [-0.2, 0) is 14.6 Å². The third kappa shape index (κ3) is 3.37. The summed E-state index contributed by atoms with van der Waals surface area (Å²) in [5.41, 5.74) is 0.976. The molecule has 0 bridgehead atoms. The van der Waals surface area contributed by atoms with E-state index in [1.807, 2.05) is 12.1 Å². The van der Waals surface area contributed by atoms with Crippen molar-refractivity contribution >= 4 is 21.4 Å². The number of nitrogens with zero attached hydrogens (tertiary/aromatic N) is 1. The van der Waals surface area contributed by atoms with Gasteiger partial charge in [0.25, 0.3) is 0 Å². The molecule has 1 amide bonds. The molecule has 114 valence electrons. The summed E-state index contributed by atoms with van der Waals surface area (Å²) in [5, 5.41) is 3.05. The van der Waals surface area contributed by atoms with E-state index in [-0.39, 0.29) is 11.8 Å². The summed E-state index contributed by atoms with van der Waals surface area (Å²) in [6.07, 6.45) is 4.27. The Morgan fingerprint density at radius 3 is 2.43 bits per heavy atom. The molecular weight excluding hydrogens is 288 g/mol. The van der Waals surface area contributed by atoms with Gasteiger partial charge in [0, 0.05) is 31.1 Å². The van der Waals surface area contributed by atoms with Crippen molar-refractivity contribution in [1.82, 2.24) is 5.32 Å². The summed E-state index contributed by atoms with van der Waals surface area (Å²) in [6.45, 7) is 1.54. The van der Waals surface area contributed by atoms with Crippen LogP contribution in [0.15, 0.2) is 29.2 Å². The molecule has 1 unspecified atom stereocenters. The van der Waals surface area contributed by atoms with E-state index in [0.29, 0.717) is 17.5 Å². The molecule has 5 nitrogen and oxygen atoms in total. The lowest BCUT2D eigenvalue weighted by molar-refractivity contribution is -0.124. The maximum atomic E-state index is 12.0. The van der Waals surface area contributed by atoms with Gasteiger partial charge in [-0.3, -0.25) is 4.79 Å². The van der Waals surface area contributed by atoms with Crippen LogP contribution in [0.5, 0.6) is 0 Å². The smallest absolute Gasteiger partial charge is 0.225 e. The van der Waals surface area contributed by atoms with Crippen molar-refractivity contribution < 1.29 is 13.2 Å². The first-order valence-corrected chi connectivity index (χ1v) is 9.18. The zero-order valence-electron chi connectivity index (χ0n) is 12.1. The van der Waals surface area contributed by atoms with Crippen LogP contribution < -0.4 is 10.2 Å². The van der Waals surface area contributed by atoms with Gasteiger partial charge in [-0.15, -0.1) is 0 Å². The van der Waals surface area contributed by atoms with Gasteiger partial charge in [0.05, 0.1) is 10.8 Å². The van der Waals surface area contributed by atoms with Crippen LogP contribution in [0.25, 0.3) is 0 Å². The molecule has 1 heterocycles. The van der Waals surface area contributed by atoms with Gasteiger partial charge >= 0.3 is 0 Å². The number of hydrogen-bond acceptors (Lipinski definition) is 4. The van der Waals surface area contributed by atoms with Gasteiger partial charge in [0.1, 0.15) is 0 Å². The maximum Gasteiger partial charge on any atom is 0.225 e. The second-order valence-corrected chi connectivity index (χ2v) is 8.00. The summed E-state index contributed by atoms with van der Waals surface area (Å²) in [6, 6.07) is 7.29. The van der Waals surface area contributed by atoms with Crippen molar-refractivity contribution in [1.29, 1.82) is 0 Å². The van der Waals surface area contributed by atoms with Crippen LogP contribution in [0.3, 0.4) is 0 Å². The molecular formula is C15H20N2O3S. The third-order valence-corrected chi connectivity index (χ3v) is 5.24. The lowest BCUT2D eigenvalue weighted by Crippen LogP contribution is -2.34. The van der Waals surface area contributed by atoms with Crippen molar-refractivity contribution in [3.8, 4) is 0 Å². The highest BCUT2D eigenvalue weighted by Crippen LogP contribution is 2.26. The second-order valence-electron chi connectivity index (χ2n) is 5.98. The lowest BCUT2D eigenvalue weighted by Gasteiger charge is -2.18. The minimum absolute atomic E-state index is 0.0418. The Morgan fingerprint density at radius 1 is 1.19 bits per heavy atom. The molecule has 2 fully saturated rings. The SMILES string of the molecule is CS(=O)(=O)c1ccc(N2CCC(C(=O)NC3CC3)C2)cc1. The molecule has 1 saturated carbocycles. The first-order chi connectivity index (χ1) is 9.93. The molecule has 6 heteroatoms. The van der Waals surface area contributed by atoms with E-state index < -0.39 is 9.84 Å².